The predicted molar refractivity (Wildman–Crippen MR) is 192 cm³/mol. The van der Waals surface area contributed by atoms with E-state index >= 15 is 0 Å². The molecule has 1 N–H and O–H groups in total. The number of allylic oxidation sites excluding steroid dienone is 4. The molecule has 1 aliphatic carbocycles. The van der Waals surface area contributed by atoms with Gasteiger partial charge in [0.15, 0.2) is 0 Å². The van der Waals surface area contributed by atoms with Crippen LogP contribution in [-0.2, 0) is 32.0 Å². The number of thiophene rings is 1. The van der Waals surface area contributed by atoms with Crippen LogP contribution in [0.4, 0.5) is 26.3 Å². The number of piperidine rings is 2. The molecular weight excluding hydrogens is 789 g/mol. The molecule has 2 saturated heterocycles. The number of hydrogen-bond donors (Lipinski definition) is 1. The van der Waals surface area contributed by atoms with Gasteiger partial charge < -0.3 is 14.5 Å². The number of likely N-dealkylation sites (tertiary alicyclic amines) is 2. The number of carbonyl (C=O) groups excluding carboxylic acids is 3. The van der Waals surface area contributed by atoms with Crippen LogP contribution in [0.15, 0.2) is 65.9 Å². The van der Waals surface area contributed by atoms with E-state index in [-0.39, 0.29) is 70.3 Å². The van der Waals surface area contributed by atoms with Crippen LogP contribution < -0.4 is 9.46 Å². The first kappa shape index (κ1) is 42.4. The molecule has 0 radical (unpaired) electrons. The van der Waals surface area contributed by atoms with Crippen molar-refractivity contribution in [3.05, 3.63) is 81.9 Å². The molecule has 0 spiro atoms. The third kappa shape index (κ3) is 9.12. The lowest BCUT2D eigenvalue weighted by atomic mass is 9.68. The minimum atomic E-state index is -4.93. The molecule has 56 heavy (non-hydrogen) atoms. The quantitative estimate of drug-likeness (QED) is 0.192. The summed E-state index contributed by atoms with van der Waals surface area (Å²) in [6.07, 6.45) is -1.09. The first-order chi connectivity index (χ1) is 26.2. The third-order valence-electron chi connectivity index (χ3n) is 10.3. The van der Waals surface area contributed by atoms with Crippen LogP contribution in [-0.4, -0.2) is 78.5 Å². The number of halogens is 6. The Morgan fingerprint density at radius 1 is 1.14 bits per heavy atom. The second-order valence-corrected chi connectivity index (χ2v) is 16.6. The molecule has 0 saturated carbocycles. The number of sulfonamides is 1. The van der Waals surface area contributed by atoms with Gasteiger partial charge in [0.2, 0.25) is 21.5 Å². The summed E-state index contributed by atoms with van der Waals surface area (Å²) in [5, 5.41) is 11.7. The van der Waals surface area contributed by atoms with Gasteiger partial charge >= 0.3 is 12.4 Å². The van der Waals surface area contributed by atoms with Gasteiger partial charge in [0.05, 0.1) is 34.9 Å². The van der Waals surface area contributed by atoms with Crippen molar-refractivity contribution < 1.29 is 53.9 Å². The van der Waals surface area contributed by atoms with E-state index in [0.717, 1.165) is 40.6 Å². The van der Waals surface area contributed by atoms with E-state index in [4.69, 9.17) is 4.74 Å². The van der Waals surface area contributed by atoms with Crippen molar-refractivity contribution in [3.8, 4) is 11.8 Å². The summed E-state index contributed by atoms with van der Waals surface area (Å²) in [4.78, 5) is 46.5. The Morgan fingerprint density at radius 2 is 1.86 bits per heavy atom. The Hall–Kier alpha value is -4.70. The van der Waals surface area contributed by atoms with E-state index in [0.29, 0.717) is 35.8 Å². The summed E-state index contributed by atoms with van der Waals surface area (Å²) < 4.78 is 115. The molecule has 0 aromatic carbocycles. The van der Waals surface area contributed by atoms with Crippen molar-refractivity contribution in [2.24, 2.45) is 5.41 Å². The lowest BCUT2D eigenvalue weighted by Crippen LogP contribution is -2.68. The van der Waals surface area contributed by atoms with Gasteiger partial charge in [0.1, 0.15) is 10.6 Å². The second-order valence-electron chi connectivity index (χ2n) is 13.9. The lowest BCUT2D eigenvalue weighted by Gasteiger charge is -2.51. The van der Waals surface area contributed by atoms with Crippen LogP contribution in [0.1, 0.15) is 78.6 Å². The molecule has 5 rings (SSSR count). The molecule has 19 heteroatoms. The van der Waals surface area contributed by atoms with Crippen molar-refractivity contribution >= 4 is 39.1 Å². The first-order valence-electron chi connectivity index (χ1n) is 17.6. The van der Waals surface area contributed by atoms with Crippen molar-refractivity contribution in [2.45, 2.75) is 81.8 Å². The fourth-order valence-corrected chi connectivity index (χ4v) is 8.95. The van der Waals surface area contributed by atoms with E-state index in [1.165, 1.54) is 11.0 Å². The van der Waals surface area contributed by atoms with Crippen LogP contribution in [0, 0.1) is 16.7 Å². The molecule has 3 amide bonds. The van der Waals surface area contributed by atoms with Crippen LogP contribution >= 0.6 is 11.3 Å². The van der Waals surface area contributed by atoms with Gasteiger partial charge in [-0.1, -0.05) is 18.2 Å². The SMILES string of the molecule is C=CC[C@H]1N(C(=O)c2cnccc2C(F)(F)F)CCC[C@@]1(Oc1csc(C(F)(F)F)c1)C(=O)N1CCC(C#N)(C2=C(CCC(=O)NS(C)(=O)=O)C=CCC2)CC1. The summed E-state index contributed by atoms with van der Waals surface area (Å²) in [6.45, 7) is 3.57. The van der Waals surface area contributed by atoms with E-state index in [9.17, 15) is 54.4 Å². The summed E-state index contributed by atoms with van der Waals surface area (Å²) in [7, 11) is -3.78. The minimum Gasteiger partial charge on any atom is -0.474 e. The lowest BCUT2D eigenvalue weighted by molar-refractivity contribution is -0.160. The van der Waals surface area contributed by atoms with Gasteiger partial charge in [-0.15, -0.1) is 17.9 Å². The maximum absolute atomic E-state index is 14.9. The number of pyridine rings is 1. The van der Waals surface area contributed by atoms with Crippen molar-refractivity contribution in [3.63, 3.8) is 0 Å². The monoisotopic (exact) mass is 827 g/mol. The number of rotatable bonds is 11. The number of aromatic nitrogens is 1. The third-order valence-corrected chi connectivity index (χ3v) is 11.8. The van der Waals surface area contributed by atoms with Crippen molar-refractivity contribution in [1.82, 2.24) is 19.5 Å². The van der Waals surface area contributed by atoms with Gasteiger partial charge in [-0.05, 0) is 62.2 Å². The molecule has 11 nitrogen and oxygen atoms in total. The molecule has 0 bridgehead atoms. The molecule has 2 fully saturated rings. The summed E-state index contributed by atoms with van der Waals surface area (Å²) in [5.74, 6) is -2.85. The highest BCUT2D eigenvalue weighted by molar-refractivity contribution is 7.89. The molecule has 2 aliphatic heterocycles. The number of nitrogens with one attached hydrogen (secondary N) is 1. The number of hydrogen-bond acceptors (Lipinski definition) is 9. The van der Waals surface area contributed by atoms with Crippen LogP contribution in [0.2, 0.25) is 0 Å². The zero-order valence-corrected chi connectivity index (χ0v) is 31.8. The number of carbonyl (C=O) groups is 3. The zero-order chi connectivity index (χ0) is 41.1. The highest BCUT2D eigenvalue weighted by Crippen LogP contribution is 2.47. The Balaban J connectivity index is 1.50. The first-order valence-corrected chi connectivity index (χ1v) is 20.4. The normalized spacial score (nSPS) is 21.6. The fourth-order valence-electron chi connectivity index (χ4n) is 7.76. The average molecular weight is 828 g/mol. The average Bonchev–Trinajstić information content (AvgIpc) is 3.62. The summed E-state index contributed by atoms with van der Waals surface area (Å²) in [6, 6.07) is 2.47. The van der Waals surface area contributed by atoms with Crippen molar-refractivity contribution in [1.29, 1.82) is 5.26 Å². The maximum atomic E-state index is 14.9. The number of alkyl halides is 6. The topological polar surface area (TPSA) is 150 Å². The van der Waals surface area contributed by atoms with E-state index in [2.05, 4.69) is 17.6 Å². The van der Waals surface area contributed by atoms with Crippen LogP contribution in [0.25, 0.3) is 0 Å². The van der Waals surface area contributed by atoms with E-state index < -0.39 is 73.2 Å². The molecule has 0 unspecified atom stereocenters. The minimum absolute atomic E-state index is 0.0282. The largest absolute Gasteiger partial charge is 0.474 e. The predicted octanol–water partition coefficient (Wildman–Crippen LogP) is 6.81. The van der Waals surface area contributed by atoms with Crippen LogP contribution in [0.3, 0.4) is 0 Å². The molecule has 302 valence electrons. The second kappa shape index (κ2) is 16.4. The highest BCUT2D eigenvalue weighted by Gasteiger charge is 2.57. The highest BCUT2D eigenvalue weighted by atomic mass is 32.2. The Bertz CT molecular complexity index is 2060. The molecular formula is C37H39F6N5O6S2. The standard InChI is InChI=1S/C37H39F6N5O6S2/c1-3-7-29-35(54-25-20-30(55-22-25)37(41,42)43,13-6-17-48(29)32(50)26-21-45-16-12-28(26)36(38,39)40)33(51)47-18-14-34(23-44,15-19-47)27-9-5-4-8-24(27)10-11-31(49)46-56(2,52)53/h3-4,8,12,16,20-22,29H,1,5-7,9-11,13-15,17-19H2,2H3,(H,46,49)/t29-,35+/m1/s1. The maximum Gasteiger partial charge on any atom is 0.425 e. The molecule has 4 heterocycles. The Kier molecular flexibility index (Phi) is 12.4. The fraction of sp³-hybridized carbons (Fsp3) is 0.486. The Labute approximate surface area is 323 Å². The van der Waals surface area contributed by atoms with Crippen molar-refractivity contribution in [2.75, 3.05) is 25.9 Å². The molecule has 2 aromatic rings. The van der Waals surface area contributed by atoms with Crippen LogP contribution in [0.5, 0.6) is 5.75 Å². The number of ether oxygens (including phenoxy) is 1. The Morgan fingerprint density at radius 3 is 2.46 bits per heavy atom. The smallest absolute Gasteiger partial charge is 0.425 e. The number of nitrogens with zero attached hydrogens (tertiary/aromatic N) is 4. The van der Waals surface area contributed by atoms with E-state index in [1.54, 1.807) is 6.08 Å². The van der Waals surface area contributed by atoms with Gasteiger partial charge in [-0.3, -0.25) is 24.1 Å². The number of nitriles is 1. The van der Waals surface area contributed by atoms with Gasteiger partial charge in [0, 0.05) is 56.3 Å². The van der Waals surface area contributed by atoms with Gasteiger partial charge in [0.25, 0.3) is 11.8 Å². The summed E-state index contributed by atoms with van der Waals surface area (Å²) >= 11 is 0.331. The number of amides is 3. The van der Waals surface area contributed by atoms with Gasteiger partial charge in [-0.2, -0.15) is 31.6 Å². The van der Waals surface area contributed by atoms with E-state index in [1.807, 2.05) is 10.8 Å². The zero-order valence-electron chi connectivity index (χ0n) is 30.2. The molecule has 2 atom stereocenters. The molecule has 2 aromatic heterocycles. The summed E-state index contributed by atoms with van der Waals surface area (Å²) in [5.41, 5.74) is -3.75. The molecule has 3 aliphatic rings. The van der Waals surface area contributed by atoms with Gasteiger partial charge in [-0.25, -0.2) is 8.42 Å².